The monoisotopic (exact) mass is 261 g/mol. The number of rotatable bonds is 6. The lowest BCUT2D eigenvalue weighted by molar-refractivity contribution is -0.389. The Morgan fingerprint density at radius 2 is 2.41 bits per heavy atom. The lowest BCUT2D eigenvalue weighted by Crippen LogP contribution is -2.19. The molecule has 0 aliphatic heterocycles. The predicted octanol–water partition coefficient (Wildman–Crippen LogP) is 2.26. The van der Waals surface area contributed by atoms with Crippen molar-refractivity contribution >= 4 is 23.4 Å². The zero-order chi connectivity index (χ0) is 13.0. The molecule has 0 saturated carbocycles. The lowest BCUT2D eigenvalue weighted by Gasteiger charge is -2.08. The van der Waals surface area contributed by atoms with Gasteiger partial charge in [-0.1, -0.05) is 31.4 Å². The number of carbonyl (C=O) groups is 1. The van der Waals surface area contributed by atoms with Crippen molar-refractivity contribution in [3.63, 3.8) is 0 Å². The number of unbranched alkanes of at least 4 members (excludes halogenated alkanes) is 1. The fraction of sp³-hybridized carbons (Fsp3) is 0.556. The van der Waals surface area contributed by atoms with Crippen LogP contribution in [0, 0.1) is 10.1 Å². The second kappa shape index (κ2) is 5.62. The summed E-state index contributed by atoms with van der Waals surface area (Å²) in [6.45, 7) is 1.93. The third kappa shape index (κ3) is 3.16. The van der Waals surface area contributed by atoms with Crippen molar-refractivity contribution in [2.24, 2.45) is 0 Å². The first-order valence-corrected chi connectivity index (χ1v) is 5.47. The molecule has 0 bridgehead atoms. The van der Waals surface area contributed by atoms with Gasteiger partial charge in [-0.3, -0.25) is 0 Å². The Morgan fingerprint density at radius 3 is 2.82 bits per heavy atom. The summed E-state index contributed by atoms with van der Waals surface area (Å²) in [5.74, 6) is -1.60. The van der Waals surface area contributed by atoms with Crippen molar-refractivity contribution in [2.45, 2.75) is 32.2 Å². The smallest absolute Gasteiger partial charge is 0.408 e. The van der Waals surface area contributed by atoms with Gasteiger partial charge in [0, 0.05) is 0 Å². The third-order valence-corrected chi connectivity index (χ3v) is 2.54. The summed E-state index contributed by atoms with van der Waals surface area (Å²) >= 11 is 5.60. The number of aromatic nitrogens is 2. The number of halogens is 1. The van der Waals surface area contributed by atoms with Crippen LogP contribution in [0.4, 0.5) is 5.82 Å². The fourth-order valence-electron chi connectivity index (χ4n) is 1.41. The van der Waals surface area contributed by atoms with Gasteiger partial charge < -0.3 is 15.2 Å². The van der Waals surface area contributed by atoms with Gasteiger partial charge in [-0.15, -0.1) is 0 Å². The van der Waals surface area contributed by atoms with Crippen molar-refractivity contribution in [1.82, 2.24) is 9.78 Å². The van der Waals surface area contributed by atoms with Gasteiger partial charge in [-0.2, -0.15) is 4.68 Å². The van der Waals surface area contributed by atoms with Crippen LogP contribution >= 0.6 is 11.6 Å². The number of hydrogen-bond donors (Lipinski definition) is 1. The van der Waals surface area contributed by atoms with E-state index in [1.165, 1.54) is 6.20 Å². The number of carboxylic acid groups (broad SMARTS) is 1. The predicted molar refractivity (Wildman–Crippen MR) is 60.1 cm³/mol. The fourth-order valence-corrected chi connectivity index (χ4v) is 1.62. The van der Waals surface area contributed by atoms with Gasteiger partial charge in [0.1, 0.15) is 0 Å². The average Bonchev–Trinajstić information content (AvgIpc) is 2.60. The molecule has 17 heavy (non-hydrogen) atoms. The van der Waals surface area contributed by atoms with Crippen molar-refractivity contribution in [3.8, 4) is 0 Å². The summed E-state index contributed by atoms with van der Waals surface area (Å²) in [6, 6.07) is -0.916. The Hall–Kier alpha value is -1.63. The Balaban J connectivity index is 2.98. The van der Waals surface area contributed by atoms with Crippen LogP contribution < -0.4 is 0 Å². The number of hydrogen-bond acceptors (Lipinski definition) is 4. The molecule has 1 atom stereocenters. The van der Waals surface area contributed by atoms with Crippen LogP contribution in [0.25, 0.3) is 0 Å². The number of carboxylic acids is 1. The highest BCUT2D eigenvalue weighted by Crippen LogP contribution is 2.25. The molecular weight excluding hydrogens is 250 g/mol. The summed E-state index contributed by atoms with van der Waals surface area (Å²) in [6.07, 6.45) is 3.07. The quantitative estimate of drug-likeness (QED) is 0.625. The summed E-state index contributed by atoms with van der Waals surface area (Å²) < 4.78 is 1.04. The summed E-state index contributed by atoms with van der Waals surface area (Å²) in [5, 5.41) is 23.0. The minimum atomic E-state index is -1.08. The molecule has 1 heterocycles. The first-order valence-electron chi connectivity index (χ1n) is 5.09. The van der Waals surface area contributed by atoms with Gasteiger partial charge in [0.05, 0.1) is 11.3 Å². The van der Waals surface area contributed by atoms with Gasteiger partial charge in [-0.05, 0) is 11.3 Å². The van der Waals surface area contributed by atoms with Crippen molar-refractivity contribution in [2.75, 3.05) is 0 Å². The largest absolute Gasteiger partial charge is 0.480 e. The van der Waals surface area contributed by atoms with Gasteiger partial charge in [0.25, 0.3) is 0 Å². The van der Waals surface area contributed by atoms with E-state index in [9.17, 15) is 14.9 Å². The average molecular weight is 262 g/mol. The van der Waals surface area contributed by atoms with E-state index in [0.717, 1.165) is 11.1 Å². The molecule has 1 aromatic heterocycles. The van der Waals surface area contributed by atoms with E-state index in [0.29, 0.717) is 12.8 Å². The molecule has 0 fully saturated rings. The van der Waals surface area contributed by atoms with Crippen LogP contribution in [-0.2, 0) is 4.79 Å². The molecule has 1 unspecified atom stereocenters. The van der Waals surface area contributed by atoms with E-state index in [4.69, 9.17) is 16.7 Å². The van der Waals surface area contributed by atoms with Crippen LogP contribution in [-0.4, -0.2) is 25.8 Å². The SMILES string of the molecule is CCCCC(C(=O)O)n1cc(Cl)c([N+](=O)[O-])n1. The van der Waals surface area contributed by atoms with Crippen molar-refractivity contribution in [1.29, 1.82) is 0 Å². The van der Waals surface area contributed by atoms with E-state index in [1.807, 2.05) is 6.92 Å². The summed E-state index contributed by atoms with van der Waals surface area (Å²) in [7, 11) is 0. The number of aliphatic carboxylic acids is 1. The van der Waals surface area contributed by atoms with Crippen molar-refractivity contribution < 1.29 is 14.8 Å². The van der Waals surface area contributed by atoms with E-state index in [2.05, 4.69) is 5.10 Å². The van der Waals surface area contributed by atoms with E-state index in [-0.39, 0.29) is 5.02 Å². The highest BCUT2D eigenvalue weighted by molar-refractivity contribution is 6.32. The number of nitrogens with zero attached hydrogens (tertiary/aromatic N) is 3. The molecule has 8 heteroatoms. The molecule has 0 spiro atoms. The first kappa shape index (κ1) is 13.4. The molecule has 0 aliphatic carbocycles. The molecule has 7 nitrogen and oxygen atoms in total. The Kier molecular flexibility index (Phi) is 4.45. The van der Waals surface area contributed by atoms with Gasteiger partial charge in [0.2, 0.25) is 0 Å². The molecule has 0 amide bonds. The van der Waals surface area contributed by atoms with Crippen LogP contribution in [0.15, 0.2) is 6.20 Å². The minimum absolute atomic E-state index is 0.155. The zero-order valence-corrected chi connectivity index (χ0v) is 9.92. The molecule has 0 aliphatic rings. The van der Waals surface area contributed by atoms with Crippen LogP contribution in [0.1, 0.15) is 32.2 Å². The van der Waals surface area contributed by atoms with Gasteiger partial charge >= 0.3 is 11.8 Å². The molecule has 1 rings (SSSR count). The maximum atomic E-state index is 11.0. The Labute approximate surface area is 102 Å². The van der Waals surface area contributed by atoms with E-state index < -0.39 is 22.8 Å². The van der Waals surface area contributed by atoms with E-state index >= 15 is 0 Å². The molecule has 94 valence electrons. The molecular formula is C9H12ClN3O4. The molecule has 0 aromatic carbocycles. The standard InChI is InChI=1S/C9H12ClN3O4/c1-2-3-4-7(9(14)15)12-5-6(10)8(11-12)13(16)17/h5,7H,2-4H2,1H3,(H,14,15). The Morgan fingerprint density at radius 1 is 1.76 bits per heavy atom. The molecule has 0 radical (unpaired) electrons. The van der Waals surface area contributed by atoms with Crippen LogP contribution in [0.2, 0.25) is 5.02 Å². The van der Waals surface area contributed by atoms with Crippen LogP contribution in [0.5, 0.6) is 0 Å². The molecule has 0 saturated heterocycles. The zero-order valence-electron chi connectivity index (χ0n) is 9.17. The topological polar surface area (TPSA) is 98.3 Å². The van der Waals surface area contributed by atoms with Gasteiger partial charge in [-0.25, -0.2) is 4.79 Å². The Bertz CT molecular complexity index is 432. The minimum Gasteiger partial charge on any atom is -0.480 e. The first-order chi connectivity index (χ1) is 7.97. The van der Waals surface area contributed by atoms with E-state index in [1.54, 1.807) is 0 Å². The second-order valence-corrected chi connectivity index (χ2v) is 3.94. The molecule has 1 aromatic rings. The maximum Gasteiger partial charge on any atom is 0.408 e. The highest BCUT2D eigenvalue weighted by Gasteiger charge is 2.27. The van der Waals surface area contributed by atoms with Crippen LogP contribution in [0.3, 0.4) is 0 Å². The summed E-state index contributed by atoms with van der Waals surface area (Å²) in [4.78, 5) is 20.8. The normalized spacial score (nSPS) is 12.4. The van der Waals surface area contributed by atoms with Gasteiger partial charge in [0.15, 0.2) is 11.1 Å². The van der Waals surface area contributed by atoms with Crippen molar-refractivity contribution in [3.05, 3.63) is 21.3 Å². The highest BCUT2D eigenvalue weighted by atomic mass is 35.5. The number of nitro groups is 1. The third-order valence-electron chi connectivity index (χ3n) is 2.28. The summed E-state index contributed by atoms with van der Waals surface area (Å²) in [5.41, 5.74) is 0. The second-order valence-electron chi connectivity index (χ2n) is 3.53. The maximum absolute atomic E-state index is 11.0. The molecule has 1 N–H and O–H groups in total. The lowest BCUT2D eigenvalue weighted by atomic mass is 10.1.